The third-order valence-corrected chi connectivity index (χ3v) is 5.12. The number of ether oxygens (including phenoxy) is 2. The van der Waals surface area contributed by atoms with E-state index in [0.29, 0.717) is 4.73 Å². The first kappa shape index (κ1) is 22.5. The highest BCUT2D eigenvalue weighted by Gasteiger charge is 2.63. The number of hydrogen-bond donors (Lipinski definition) is 1. The minimum Gasteiger partial charge on any atom is -0.619 e. The van der Waals surface area contributed by atoms with E-state index in [4.69, 9.17) is 9.47 Å². The Balaban J connectivity index is 2.05. The number of benzene rings is 1. The van der Waals surface area contributed by atoms with Crippen molar-refractivity contribution in [1.29, 1.82) is 0 Å². The highest BCUT2D eigenvalue weighted by molar-refractivity contribution is 5.97. The molecule has 0 saturated carbocycles. The second kappa shape index (κ2) is 8.17. The lowest BCUT2D eigenvalue weighted by atomic mass is 9.99. The fourth-order valence-electron chi connectivity index (χ4n) is 3.53. The van der Waals surface area contributed by atoms with Gasteiger partial charge in [-0.25, -0.2) is 4.39 Å². The molecule has 168 valence electrons. The smallest absolute Gasteiger partial charge is 0.419 e. The topological polar surface area (TPSA) is 77.7 Å². The van der Waals surface area contributed by atoms with Crippen molar-refractivity contribution in [3.05, 3.63) is 53.5 Å². The number of pyridine rings is 1. The van der Waals surface area contributed by atoms with Gasteiger partial charge < -0.3 is 24.9 Å². The quantitative estimate of drug-likeness (QED) is 0.433. The Labute approximate surface area is 173 Å². The van der Waals surface area contributed by atoms with E-state index in [1.165, 1.54) is 12.1 Å². The zero-order valence-corrected chi connectivity index (χ0v) is 16.4. The number of carbonyl (C=O) groups is 1. The highest BCUT2D eigenvalue weighted by atomic mass is 19.4. The van der Waals surface area contributed by atoms with Crippen LogP contribution in [0.5, 0.6) is 5.75 Å². The van der Waals surface area contributed by atoms with Crippen LogP contribution in [0.4, 0.5) is 33.3 Å². The van der Waals surface area contributed by atoms with Crippen LogP contribution in [0.25, 0.3) is 0 Å². The molecular weight excluding hydrogens is 429 g/mol. The number of alkyl halides is 3. The van der Waals surface area contributed by atoms with E-state index >= 15 is 0 Å². The molecule has 1 aliphatic heterocycles. The van der Waals surface area contributed by atoms with E-state index in [1.807, 2.05) is 0 Å². The summed E-state index contributed by atoms with van der Waals surface area (Å²) >= 11 is 0. The van der Waals surface area contributed by atoms with E-state index < -0.39 is 54.1 Å². The number of amides is 1. The van der Waals surface area contributed by atoms with Gasteiger partial charge in [0.25, 0.3) is 0 Å². The van der Waals surface area contributed by atoms with Crippen molar-refractivity contribution in [2.24, 2.45) is 0 Å². The number of aromatic nitrogens is 1. The van der Waals surface area contributed by atoms with Crippen LogP contribution in [0.15, 0.2) is 36.7 Å². The van der Waals surface area contributed by atoms with Gasteiger partial charge in [-0.15, -0.1) is 0 Å². The Hall–Kier alpha value is -3.15. The first-order valence-electron chi connectivity index (χ1n) is 8.93. The summed E-state index contributed by atoms with van der Waals surface area (Å²) in [5.41, 5.74) is -2.96. The van der Waals surface area contributed by atoms with Crippen LogP contribution in [0.2, 0.25) is 0 Å². The van der Waals surface area contributed by atoms with Crippen LogP contribution < -0.4 is 19.7 Å². The molecule has 1 N–H and O–H groups in total. The molecule has 0 unspecified atom stereocenters. The van der Waals surface area contributed by atoms with Gasteiger partial charge in [0.05, 0.1) is 19.3 Å². The number of rotatable bonds is 5. The van der Waals surface area contributed by atoms with Gasteiger partial charge in [0.15, 0.2) is 23.4 Å². The fourth-order valence-corrected chi connectivity index (χ4v) is 3.53. The molecule has 0 radical (unpaired) electrons. The Morgan fingerprint density at radius 3 is 2.58 bits per heavy atom. The number of anilines is 2. The zero-order chi connectivity index (χ0) is 23.0. The maximum Gasteiger partial charge on any atom is 0.419 e. The molecule has 2 heterocycles. The van der Waals surface area contributed by atoms with Gasteiger partial charge in [-0.05, 0) is 18.2 Å². The van der Waals surface area contributed by atoms with Crippen LogP contribution in [0.1, 0.15) is 6.42 Å². The predicted molar refractivity (Wildman–Crippen MR) is 98.5 cm³/mol. The minimum absolute atomic E-state index is 0.0432. The average molecular weight is 447 g/mol. The molecule has 2 atom stereocenters. The summed E-state index contributed by atoms with van der Waals surface area (Å²) in [6, 6.07) is 2.95. The molecule has 31 heavy (non-hydrogen) atoms. The number of carbonyl (C=O) groups excluding carboxylic acids is 1. The van der Waals surface area contributed by atoms with E-state index in [2.05, 4.69) is 5.32 Å². The molecule has 0 spiro atoms. The third kappa shape index (κ3) is 4.07. The maximum atomic E-state index is 14.2. The Kier molecular flexibility index (Phi) is 5.94. The van der Waals surface area contributed by atoms with Crippen molar-refractivity contribution in [1.82, 2.24) is 0 Å². The second-order valence-electron chi connectivity index (χ2n) is 6.90. The molecule has 0 aliphatic carbocycles. The van der Waals surface area contributed by atoms with Gasteiger partial charge in [0.2, 0.25) is 17.9 Å². The zero-order valence-electron chi connectivity index (χ0n) is 16.4. The van der Waals surface area contributed by atoms with Crippen LogP contribution in [0.3, 0.4) is 0 Å². The monoisotopic (exact) mass is 447 g/mol. The van der Waals surface area contributed by atoms with E-state index in [-0.39, 0.29) is 11.4 Å². The molecule has 1 saturated heterocycles. The Bertz CT molecular complexity index is 988. The molecule has 12 heteroatoms. The van der Waals surface area contributed by atoms with Crippen molar-refractivity contribution < 1.29 is 41.0 Å². The first-order valence-corrected chi connectivity index (χ1v) is 8.93. The molecule has 2 aromatic rings. The lowest BCUT2D eigenvalue weighted by Gasteiger charge is -2.31. The summed E-state index contributed by atoms with van der Waals surface area (Å²) in [4.78, 5) is 13.8. The summed E-state index contributed by atoms with van der Waals surface area (Å²) in [5.74, 6) is -4.22. The van der Waals surface area contributed by atoms with Crippen molar-refractivity contribution >= 4 is 17.3 Å². The molecule has 1 amide bonds. The number of methoxy groups -OCH3 is 2. The van der Waals surface area contributed by atoms with Gasteiger partial charge >= 0.3 is 6.18 Å². The highest BCUT2D eigenvalue weighted by Crippen LogP contribution is 2.47. The number of hydrogen-bond acceptors (Lipinski definition) is 5. The van der Waals surface area contributed by atoms with Crippen molar-refractivity contribution in [2.45, 2.75) is 24.2 Å². The standard InChI is InChI=1S/C19H18F5N3O4/c1-30-16-13(6-5-12(20)15(16)21)27-10-18(31-2,19(22,23)24)8-14(27)17(28)25-11-4-3-7-26(29)9-11/h3-7,9,14H,8,10H2,1-2H3,(H,25,28)/t14-,18+/m1/s1. The molecule has 0 bridgehead atoms. The van der Waals surface area contributed by atoms with Crippen LogP contribution in [-0.2, 0) is 9.53 Å². The van der Waals surface area contributed by atoms with Gasteiger partial charge in [0, 0.05) is 19.6 Å². The van der Waals surface area contributed by atoms with Crippen molar-refractivity contribution in [3.8, 4) is 5.75 Å². The van der Waals surface area contributed by atoms with Gasteiger partial charge in [0.1, 0.15) is 11.7 Å². The minimum atomic E-state index is -4.87. The third-order valence-electron chi connectivity index (χ3n) is 5.12. The van der Waals surface area contributed by atoms with Crippen LogP contribution in [0, 0.1) is 16.8 Å². The fraction of sp³-hybridized carbons (Fsp3) is 0.368. The van der Waals surface area contributed by atoms with Crippen molar-refractivity contribution in [3.63, 3.8) is 0 Å². The summed E-state index contributed by atoms with van der Waals surface area (Å²) in [6.07, 6.45) is -3.53. The molecule has 1 aliphatic rings. The summed E-state index contributed by atoms with van der Waals surface area (Å²) < 4.78 is 79.5. The molecular formula is C19H18F5N3O4. The molecule has 1 fully saturated rings. The van der Waals surface area contributed by atoms with Gasteiger partial charge in [-0.1, -0.05) is 0 Å². The normalized spacial score (nSPS) is 21.3. The summed E-state index contributed by atoms with van der Waals surface area (Å²) in [7, 11) is 1.88. The number of halogens is 5. The SMILES string of the molecule is COc1c(N2C[C@](OC)(C(F)(F)F)C[C@@H]2C(=O)Nc2ccc[n+]([O-])c2)ccc(F)c1F. The average Bonchev–Trinajstić information content (AvgIpc) is 3.11. The Morgan fingerprint density at radius 1 is 1.29 bits per heavy atom. The Morgan fingerprint density at radius 2 is 2.00 bits per heavy atom. The summed E-state index contributed by atoms with van der Waals surface area (Å²) in [6.45, 7) is -0.872. The largest absolute Gasteiger partial charge is 0.619 e. The predicted octanol–water partition coefficient (Wildman–Crippen LogP) is 2.77. The van der Waals surface area contributed by atoms with Crippen LogP contribution in [-0.4, -0.2) is 44.5 Å². The lowest BCUT2D eigenvalue weighted by Crippen LogP contribution is -2.49. The van der Waals surface area contributed by atoms with Gasteiger partial charge in [-0.2, -0.15) is 22.3 Å². The molecule has 3 rings (SSSR count). The molecule has 7 nitrogen and oxygen atoms in total. The number of nitrogens with one attached hydrogen (secondary N) is 1. The van der Waals surface area contributed by atoms with E-state index in [0.717, 1.165) is 43.6 Å². The maximum absolute atomic E-state index is 14.2. The summed E-state index contributed by atoms with van der Waals surface area (Å²) in [5, 5.41) is 13.8. The van der Waals surface area contributed by atoms with E-state index in [9.17, 15) is 32.0 Å². The second-order valence-corrected chi connectivity index (χ2v) is 6.90. The number of nitrogens with zero attached hydrogens (tertiary/aromatic N) is 2. The van der Waals surface area contributed by atoms with E-state index in [1.54, 1.807) is 0 Å². The van der Waals surface area contributed by atoms with Crippen molar-refractivity contribution in [2.75, 3.05) is 31.0 Å². The first-order chi connectivity index (χ1) is 14.5. The lowest BCUT2D eigenvalue weighted by molar-refractivity contribution is -0.604. The van der Waals surface area contributed by atoms with Crippen LogP contribution >= 0.6 is 0 Å². The molecule has 1 aromatic carbocycles. The molecule has 1 aromatic heterocycles. The van der Waals surface area contributed by atoms with Gasteiger partial charge in [-0.3, -0.25) is 4.79 Å².